The first-order valence-corrected chi connectivity index (χ1v) is 7.46. The Balaban J connectivity index is 1.87. The van der Waals surface area contributed by atoms with Crippen LogP contribution in [-0.4, -0.2) is 36.4 Å². The molecule has 1 heterocycles. The maximum atomic E-state index is 12.3. The van der Waals surface area contributed by atoms with Crippen LogP contribution in [0.15, 0.2) is 24.3 Å². The van der Waals surface area contributed by atoms with Gasteiger partial charge in [0.15, 0.2) is 0 Å². The summed E-state index contributed by atoms with van der Waals surface area (Å²) in [6.45, 7) is 3.41. The maximum absolute atomic E-state index is 12.3. The van der Waals surface area contributed by atoms with Crippen LogP contribution in [0.4, 0.5) is 0 Å². The molecule has 0 radical (unpaired) electrons. The van der Waals surface area contributed by atoms with Gasteiger partial charge in [0.05, 0.1) is 6.61 Å². The van der Waals surface area contributed by atoms with Gasteiger partial charge >= 0.3 is 0 Å². The third kappa shape index (κ3) is 4.19. The van der Waals surface area contributed by atoms with E-state index in [0.717, 1.165) is 0 Å². The molecule has 114 valence electrons. The summed E-state index contributed by atoms with van der Waals surface area (Å²) in [5.41, 5.74) is 3.05. The Labute approximate surface area is 129 Å². The summed E-state index contributed by atoms with van der Waals surface area (Å²) in [6.07, 6.45) is 1.30. The topological polar surface area (TPSA) is 58.6 Å². The molecule has 1 aliphatic rings. The van der Waals surface area contributed by atoms with E-state index in [-0.39, 0.29) is 17.7 Å². The highest BCUT2D eigenvalue weighted by molar-refractivity contribution is 6.30. The Hall–Kier alpha value is -1.59. The summed E-state index contributed by atoms with van der Waals surface area (Å²) in [4.78, 5) is 30.8. The third-order valence-corrected chi connectivity index (χ3v) is 3.81. The van der Waals surface area contributed by atoms with Gasteiger partial charge in [0, 0.05) is 29.6 Å². The molecule has 1 aliphatic heterocycles. The van der Waals surface area contributed by atoms with E-state index in [1.54, 1.807) is 29.2 Å². The number of carbonyl (C=O) groups is 2. The van der Waals surface area contributed by atoms with Crippen molar-refractivity contribution in [1.29, 1.82) is 0 Å². The van der Waals surface area contributed by atoms with Gasteiger partial charge in [0.25, 0.3) is 5.91 Å². The van der Waals surface area contributed by atoms with Crippen LogP contribution >= 0.6 is 11.6 Å². The van der Waals surface area contributed by atoms with Crippen molar-refractivity contribution >= 4 is 23.4 Å². The predicted molar refractivity (Wildman–Crippen MR) is 79.8 cm³/mol. The predicted octanol–water partition coefficient (Wildman–Crippen LogP) is 2.26. The quantitative estimate of drug-likeness (QED) is 0.868. The number of likely N-dealkylation sites (tertiary alicyclic amines) is 1. The van der Waals surface area contributed by atoms with Gasteiger partial charge in [0.1, 0.15) is 0 Å². The lowest BCUT2D eigenvalue weighted by molar-refractivity contribution is -0.138. The van der Waals surface area contributed by atoms with E-state index < -0.39 is 0 Å². The van der Waals surface area contributed by atoms with Crippen LogP contribution in [0, 0.1) is 5.92 Å². The van der Waals surface area contributed by atoms with Gasteiger partial charge in [-0.2, -0.15) is 0 Å². The third-order valence-electron chi connectivity index (χ3n) is 3.56. The van der Waals surface area contributed by atoms with Crippen LogP contribution in [0.1, 0.15) is 30.1 Å². The molecule has 2 amide bonds. The van der Waals surface area contributed by atoms with Gasteiger partial charge in [-0.25, -0.2) is 5.48 Å². The van der Waals surface area contributed by atoms with Crippen molar-refractivity contribution in [3.8, 4) is 0 Å². The van der Waals surface area contributed by atoms with E-state index in [1.807, 2.05) is 6.92 Å². The molecule has 1 fully saturated rings. The fourth-order valence-electron chi connectivity index (χ4n) is 2.35. The van der Waals surface area contributed by atoms with Crippen LogP contribution in [0.25, 0.3) is 0 Å². The Morgan fingerprint density at radius 3 is 2.48 bits per heavy atom. The molecule has 0 unspecified atom stereocenters. The number of rotatable bonds is 4. The zero-order chi connectivity index (χ0) is 15.2. The molecule has 1 N–H and O–H groups in total. The molecule has 0 spiro atoms. The van der Waals surface area contributed by atoms with Crippen molar-refractivity contribution in [2.24, 2.45) is 5.92 Å². The molecular formula is C15H19ClN2O3. The molecule has 0 saturated carbocycles. The molecular weight excluding hydrogens is 292 g/mol. The maximum Gasteiger partial charge on any atom is 0.253 e. The smallest absolute Gasteiger partial charge is 0.253 e. The number of nitrogens with zero attached hydrogens (tertiary/aromatic N) is 1. The number of hydroxylamine groups is 1. The summed E-state index contributed by atoms with van der Waals surface area (Å²) in [5, 5.41) is 0.609. The molecule has 0 bridgehead atoms. The van der Waals surface area contributed by atoms with E-state index in [9.17, 15) is 9.59 Å². The van der Waals surface area contributed by atoms with Crippen molar-refractivity contribution in [1.82, 2.24) is 10.4 Å². The summed E-state index contributed by atoms with van der Waals surface area (Å²) >= 11 is 5.82. The summed E-state index contributed by atoms with van der Waals surface area (Å²) in [5.74, 6) is -0.211. The number of benzene rings is 1. The van der Waals surface area contributed by atoms with Crippen molar-refractivity contribution in [3.05, 3.63) is 34.9 Å². The molecule has 0 atom stereocenters. The molecule has 6 heteroatoms. The SMILES string of the molecule is CCONC(=O)C1CCN(C(=O)c2ccc(Cl)cc2)CC1. The molecule has 2 rings (SSSR count). The Morgan fingerprint density at radius 1 is 1.29 bits per heavy atom. The summed E-state index contributed by atoms with van der Waals surface area (Å²) in [7, 11) is 0. The molecule has 1 aromatic carbocycles. The highest BCUT2D eigenvalue weighted by atomic mass is 35.5. The number of halogens is 1. The van der Waals surface area contributed by atoms with Crippen molar-refractivity contribution in [3.63, 3.8) is 0 Å². The second kappa shape index (κ2) is 7.43. The summed E-state index contributed by atoms with van der Waals surface area (Å²) in [6, 6.07) is 6.85. The van der Waals surface area contributed by atoms with Gasteiger partial charge in [-0.3, -0.25) is 14.4 Å². The van der Waals surface area contributed by atoms with Crippen LogP contribution in [-0.2, 0) is 9.63 Å². The zero-order valence-electron chi connectivity index (χ0n) is 12.0. The Kier molecular flexibility index (Phi) is 5.59. The number of piperidine rings is 1. The van der Waals surface area contributed by atoms with Crippen molar-refractivity contribution in [2.45, 2.75) is 19.8 Å². The lowest BCUT2D eigenvalue weighted by Gasteiger charge is -2.31. The van der Waals surface area contributed by atoms with Gasteiger partial charge < -0.3 is 4.90 Å². The van der Waals surface area contributed by atoms with Gasteiger partial charge in [-0.05, 0) is 44.0 Å². The molecule has 1 saturated heterocycles. The minimum absolute atomic E-state index is 0.0182. The monoisotopic (exact) mass is 310 g/mol. The zero-order valence-corrected chi connectivity index (χ0v) is 12.7. The highest BCUT2D eigenvalue weighted by Crippen LogP contribution is 2.20. The fourth-order valence-corrected chi connectivity index (χ4v) is 2.47. The number of hydrogen-bond donors (Lipinski definition) is 1. The minimum atomic E-state index is -0.101. The van der Waals surface area contributed by atoms with E-state index in [4.69, 9.17) is 16.4 Å². The fraction of sp³-hybridized carbons (Fsp3) is 0.467. The Morgan fingerprint density at radius 2 is 1.90 bits per heavy atom. The molecule has 5 nitrogen and oxygen atoms in total. The lowest BCUT2D eigenvalue weighted by Crippen LogP contribution is -2.43. The van der Waals surface area contributed by atoms with E-state index >= 15 is 0 Å². The number of nitrogens with one attached hydrogen (secondary N) is 1. The van der Waals surface area contributed by atoms with Crippen LogP contribution < -0.4 is 5.48 Å². The van der Waals surface area contributed by atoms with Crippen molar-refractivity contribution in [2.75, 3.05) is 19.7 Å². The Bertz CT molecular complexity index is 496. The normalized spacial score (nSPS) is 15.8. The van der Waals surface area contributed by atoms with Gasteiger partial charge in [-0.15, -0.1) is 0 Å². The number of carbonyl (C=O) groups excluding carboxylic acids is 2. The largest absolute Gasteiger partial charge is 0.339 e. The van der Waals surface area contributed by atoms with E-state index in [0.29, 0.717) is 43.1 Å². The standard InChI is InChI=1S/C15H19ClN2O3/c1-2-21-17-14(19)11-7-9-18(10-8-11)15(20)12-3-5-13(16)6-4-12/h3-6,11H,2,7-10H2,1H3,(H,17,19). The van der Waals surface area contributed by atoms with Crippen LogP contribution in [0.5, 0.6) is 0 Å². The highest BCUT2D eigenvalue weighted by Gasteiger charge is 2.27. The molecule has 0 aromatic heterocycles. The number of amides is 2. The lowest BCUT2D eigenvalue weighted by atomic mass is 9.96. The van der Waals surface area contributed by atoms with Crippen molar-refractivity contribution < 1.29 is 14.4 Å². The second-order valence-corrected chi connectivity index (χ2v) is 5.41. The van der Waals surface area contributed by atoms with E-state index in [1.165, 1.54) is 0 Å². The first-order chi connectivity index (χ1) is 10.1. The second-order valence-electron chi connectivity index (χ2n) is 4.97. The van der Waals surface area contributed by atoms with Gasteiger partial charge in [0.2, 0.25) is 5.91 Å². The first-order valence-electron chi connectivity index (χ1n) is 7.08. The van der Waals surface area contributed by atoms with Gasteiger partial charge in [-0.1, -0.05) is 11.6 Å². The molecule has 1 aromatic rings. The first kappa shape index (κ1) is 15.8. The molecule has 21 heavy (non-hydrogen) atoms. The van der Waals surface area contributed by atoms with Crippen LogP contribution in [0.2, 0.25) is 5.02 Å². The van der Waals surface area contributed by atoms with E-state index in [2.05, 4.69) is 5.48 Å². The van der Waals surface area contributed by atoms with Crippen LogP contribution in [0.3, 0.4) is 0 Å². The number of hydrogen-bond acceptors (Lipinski definition) is 3. The average Bonchev–Trinajstić information content (AvgIpc) is 2.53. The molecule has 0 aliphatic carbocycles. The minimum Gasteiger partial charge on any atom is -0.339 e. The average molecular weight is 311 g/mol. The summed E-state index contributed by atoms with van der Waals surface area (Å²) < 4.78 is 0.